The van der Waals surface area contributed by atoms with Crippen molar-refractivity contribution in [2.24, 2.45) is 0 Å². The van der Waals surface area contributed by atoms with Crippen molar-refractivity contribution < 1.29 is 14.7 Å². The fraction of sp³-hybridized carbons (Fsp3) is 0.385. The summed E-state index contributed by atoms with van der Waals surface area (Å²) in [7, 11) is 0. The molecule has 0 aliphatic carbocycles. The Morgan fingerprint density at radius 3 is 2.78 bits per heavy atom. The first-order valence-electron chi connectivity index (χ1n) is 5.80. The molecule has 0 radical (unpaired) electrons. The van der Waals surface area contributed by atoms with Crippen molar-refractivity contribution in [1.82, 2.24) is 4.90 Å². The Morgan fingerprint density at radius 2 is 2.17 bits per heavy atom. The molecule has 1 aliphatic heterocycles. The highest BCUT2D eigenvalue weighted by Crippen LogP contribution is 2.23. The van der Waals surface area contributed by atoms with Gasteiger partial charge in [-0.3, -0.25) is 4.79 Å². The van der Waals surface area contributed by atoms with Gasteiger partial charge in [0, 0.05) is 16.6 Å². The van der Waals surface area contributed by atoms with Crippen LogP contribution in [0.15, 0.2) is 22.7 Å². The van der Waals surface area contributed by atoms with Gasteiger partial charge in [0.15, 0.2) is 0 Å². The van der Waals surface area contributed by atoms with Crippen molar-refractivity contribution in [3.05, 3.63) is 33.8 Å². The van der Waals surface area contributed by atoms with Crippen LogP contribution in [0.25, 0.3) is 0 Å². The number of nitrogens with zero attached hydrogens (tertiary/aromatic N) is 1. The van der Waals surface area contributed by atoms with Gasteiger partial charge in [-0.05, 0) is 37.5 Å². The maximum absolute atomic E-state index is 12.3. The van der Waals surface area contributed by atoms with E-state index in [1.165, 1.54) is 4.90 Å². The smallest absolute Gasteiger partial charge is 0.326 e. The largest absolute Gasteiger partial charge is 0.480 e. The second-order valence-corrected chi connectivity index (χ2v) is 5.31. The topological polar surface area (TPSA) is 57.6 Å². The molecule has 18 heavy (non-hydrogen) atoms. The molecule has 1 aromatic rings. The van der Waals surface area contributed by atoms with Gasteiger partial charge >= 0.3 is 5.97 Å². The minimum absolute atomic E-state index is 0.208. The Kier molecular flexibility index (Phi) is 3.71. The number of likely N-dealkylation sites (tertiary alicyclic amines) is 1. The zero-order valence-corrected chi connectivity index (χ0v) is 11.6. The number of hydrogen-bond donors (Lipinski definition) is 1. The molecule has 1 heterocycles. The van der Waals surface area contributed by atoms with Crippen LogP contribution in [0, 0.1) is 6.92 Å². The highest BCUT2D eigenvalue weighted by Gasteiger charge is 2.34. The number of benzene rings is 1. The summed E-state index contributed by atoms with van der Waals surface area (Å²) in [6.45, 7) is 2.45. The van der Waals surface area contributed by atoms with Crippen molar-refractivity contribution in [2.75, 3.05) is 6.54 Å². The van der Waals surface area contributed by atoms with Gasteiger partial charge in [0.1, 0.15) is 6.04 Å². The van der Waals surface area contributed by atoms with E-state index in [9.17, 15) is 9.59 Å². The van der Waals surface area contributed by atoms with Crippen LogP contribution < -0.4 is 0 Å². The van der Waals surface area contributed by atoms with E-state index in [1.807, 2.05) is 13.0 Å². The maximum Gasteiger partial charge on any atom is 0.326 e. The standard InChI is InChI=1S/C13H14BrNO3/c1-8-4-5-9(7-10(8)14)12(16)15-6-2-3-11(15)13(17)18/h4-5,7,11H,2-3,6H2,1H3,(H,17,18)/t11-/m1/s1. The van der Waals surface area contributed by atoms with Crippen molar-refractivity contribution >= 4 is 27.8 Å². The van der Waals surface area contributed by atoms with Gasteiger partial charge < -0.3 is 10.0 Å². The van der Waals surface area contributed by atoms with Gasteiger partial charge in [-0.2, -0.15) is 0 Å². The molecule has 1 amide bonds. The molecule has 1 saturated heterocycles. The van der Waals surface area contributed by atoms with Crippen molar-refractivity contribution in [3.8, 4) is 0 Å². The minimum Gasteiger partial charge on any atom is -0.480 e. The first-order valence-corrected chi connectivity index (χ1v) is 6.60. The SMILES string of the molecule is Cc1ccc(C(=O)N2CCC[C@@H]2C(=O)O)cc1Br. The number of aryl methyl sites for hydroxylation is 1. The molecule has 1 N–H and O–H groups in total. The van der Waals surface area contributed by atoms with Crippen LogP contribution in [0.4, 0.5) is 0 Å². The lowest BCUT2D eigenvalue weighted by Gasteiger charge is -2.21. The molecule has 1 fully saturated rings. The molecule has 0 bridgehead atoms. The normalized spacial score (nSPS) is 19.0. The number of carbonyl (C=O) groups excluding carboxylic acids is 1. The van der Waals surface area contributed by atoms with Crippen molar-refractivity contribution in [3.63, 3.8) is 0 Å². The second kappa shape index (κ2) is 5.10. The quantitative estimate of drug-likeness (QED) is 0.912. The summed E-state index contributed by atoms with van der Waals surface area (Å²) in [5.41, 5.74) is 1.57. The van der Waals surface area contributed by atoms with Gasteiger partial charge in [0.2, 0.25) is 0 Å². The number of aliphatic carboxylic acids is 1. The molecule has 1 atom stereocenters. The van der Waals surface area contributed by atoms with E-state index in [0.717, 1.165) is 16.5 Å². The van der Waals surface area contributed by atoms with E-state index in [-0.39, 0.29) is 5.91 Å². The van der Waals surface area contributed by atoms with Crippen LogP contribution in [0.2, 0.25) is 0 Å². The third-order valence-corrected chi connectivity index (χ3v) is 4.07. The molecule has 0 spiro atoms. The van der Waals surface area contributed by atoms with Gasteiger partial charge in [0.05, 0.1) is 0 Å². The van der Waals surface area contributed by atoms with Gasteiger partial charge in [-0.15, -0.1) is 0 Å². The number of carboxylic acid groups (broad SMARTS) is 1. The Morgan fingerprint density at radius 1 is 1.44 bits per heavy atom. The first-order chi connectivity index (χ1) is 8.50. The summed E-state index contributed by atoms with van der Waals surface area (Å²) in [4.78, 5) is 24.8. The molecular formula is C13H14BrNO3. The predicted molar refractivity (Wildman–Crippen MR) is 70.6 cm³/mol. The highest BCUT2D eigenvalue weighted by atomic mass is 79.9. The summed E-state index contributed by atoms with van der Waals surface area (Å²) >= 11 is 3.38. The van der Waals surface area contributed by atoms with E-state index < -0.39 is 12.0 Å². The fourth-order valence-corrected chi connectivity index (χ4v) is 2.54. The van der Waals surface area contributed by atoms with Crippen LogP contribution in [0.3, 0.4) is 0 Å². The molecule has 5 heteroatoms. The first kappa shape index (κ1) is 13.1. The summed E-state index contributed by atoms with van der Waals surface area (Å²) in [5.74, 6) is -1.13. The molecule has 2 rings (SSSR count). The summed E-state index contributed by atoms with van der Waals surface area (Å²) in [6, 6.07) is 4.65. The fourth-order valence-electron chi connectivity index (χ4n) is 2.16. The molecule has 0 aromatic heterocycles. The average molecular weight is 312 g/mol. The minimum atomic E-state index is -0.924. The molecule has 1 aliphatic rings. The monoisotopic (exact) mass is 311 g/mol. The molecular weight excluding hydrogens is 298 g/mol. The number of carboxylic acids is 1. The number of halogens is 1. The van der Waals surface area contributed by atoms with Gasteiger partial charge in [-0.25, -0.2) is 4.79 Å². The summed E-state index contributed by atoms with van der Waals surface area (Å²) in [5, 5.41) is 9.08. The second-order valence-electron chi connectivity index (χ2n) is 4.46. The third-order valence-electron chi connectivity index (χ3n) is 3.22. The number of carbonyl (C=O) groups is 2. The number of amides is 1. The Labute approximate surface area is 114 Å². The van der Waals surface area contributed by atoms with Gasteiger partial charge in [0.25, 0.3) is 5.91 Å². The number of rotatable bonds is 2. The zero-order valence-electron chi connectivity index (χ0n) is 10.0. The molecule has 0 saturated carbocycles. The van der Waals surface area contributed by atoms with Crippen LogP contribution in [0.5, 0.6) is 0 Å². The Balaban J connectivity index is 2.25. The molecule has 96 valence electrons. The van der Waals surface area contributed by atoms with Gasteiger partial charge in [-0.1, -0.05) is 22.0 Å². The Hall–Kier alpha value is -1.36. The van der Waals surface area contributed by atoms with Crippen LogP contribution in [-0.4, -0.2) is 34.5 Å². The molecule has 1 aromatic carbocycles. The van der Waals surface area contributed by atoms with Crippen molar-refractivity contribution in [2.45, 2.75) is 25.8 Å². The van der Waals surface area contributed by atoms with E-state index in [1.54, 1.807) is 12.1 Å². The average Bonchev–Trinajstić information content (AvgIpc) is 2.81. The lowest BCUT2D eigenvalue weighted by Crippen LogP contribution is -2.40. The lowest BCUT2D eigenvalue weighted by atomic mass is 10.1. The lowest BCUT2D eigenvalue weighted by molar-refractivity contribution is -0.141. The molecule has 4 nitrogen and oxygen atoms in total. The van der Waals surface area contributed by atoms with Crippen molar-refractivity contribution in [1.29, 1.82) is 0 Å². The van der Waals surface area contributed by atoms with E-state index in [2.05, 4.69) is 15.9 Å². The summed E-state index contributed by atoms with van der Waals surface area (Å²) < 4.78 is 0.861. The predicted octanol–water partition coefficient (Wildman–Crippen LogP) is 2.45. The molecule has 0 unspecified atom stereocenters. The third kappa shape index (κ3) is 2.41. The Bertz CT molecular complexity index is 501. The van der Waals surface area contributed by atoms with E-state index >= 15 is 0 Å². The number of hydrogen-bond acceptors (Lipinski definition) is 2. The zero-order chi connectivity index (χ0) is 13.3. The summed E-state index contributed by atoms with van der Waals surface area (Å²) in [6.07, 6.45) is 1.28. The van der Waals surface area contributed by atoms with E-state index in [4.69, 9.17) is 5.11 Å². The highest BCUT2D eigenvalue weighted by molar-refractivity contribution is 9.10. The maximum atomic E-state index is 12.3. The van der Waals surface area contributed by atoms with Crippen LogP contribution in [-0.2, 0) is 4.79 Å². The van der Waals surface area contributed by atoms with E-state index in [0.29, 0.717) is 18.5 Å². The van der Waals surface area contributed by atoms with Crippen LogP contribution in [0.1, 0.15) is 28.8 Å². The van der Waals surface area contributed by atoms with Crippen LogP contribution >= 0.6 is 15.9 Å².